The van der Waals surface area contributed by atoms with E-state index in [-0.39, 0.29) is 17.1 Å². The van der Waals surface area contributed by atoms with E-state index in [4.69, 9.17) is 32.7 Å². The summed E-state index contributed by atoms with van der Waals surface area (Å²) in [6, 6.07) is 12.1. The van der Waals surface area contributed by atoms with Gasteiger partial charge in [0.2, 0.25) is 0 Å². The molecule has 0 radical (unpaired) electrons. The van der Waals surface area contributed by atoms with E-state index in [1.807, 2.05) is 25.1 Å². The normalized spacial score (nSPS) is 15.3. The van der Waals surface area contributed by atoms with Gasteiger partial charge in [0, 0.05) is 21.3 Å². The Morgan fingerprint density at radius 1 is 1.14 bits per heavy atom. The molecule has 0 saturated heterocycles. The van der Waals surface area contributed by atoms with E-state index in [2.05, 4.69) is 0 Å². The molecule has 1 amide bonds. The molecule has 1 aliphatic rings. The Bertz CT molecular complexity index is 1020. The van der Waals surface area contributed by atoms with Crippen LogP contribution >= 0.6 is 23.2 Å². The summed E-state index contributed by atoms with van der Waals surface area (Å²) in [7, 11) is 1.28. The highest BCUT2D eigenvalue weighted by molar-refractivity contribution is 6.35. The maximum atomic E-state index is 13.3. The van der Waals surface area contributed by atoms with Crippen molar-refractivity contribution in [3.63, 3.8) is 0 Å². The van der Waals surface area contributed by atoms with Crippen LogP contribution in [0.25, 0.3) is 6.08 Å². The van der Waals surface area contributed by atoms with Gasteiger partial charge in [0.15, 0.2) is 0 Å². The van der Waals surface area contributed by atoms with Crippen LogP contribution in [0.3, 0.4) is 0 Å². The lowest BCUT2D eigenvalue weighted by molar-refractivity contribution is -0.136. The van der Waals surface area contributed by atoms with Crippen LogP contribution in [0.1, 0.15) is 19.4 Å². The molecule has 2 aromatic rings. The van der Waals surface area contributed by atoms with Crippen LogP contribution in [0, 0.1) is 0 Å². The molecule has 0 aromatic heterocycles. The SMILES string of the molecule is CCOc1ccccc1/C=C1/C(=O)N(c2cc(Cl)cc(Cl)c2)C(C)=C1C(=O)OC. The van der Waals surface area contributed by atoms with Crippen molar-refractivity contribution in [1.82, 2.24) is 0 Å². The fourth-order valence-electron chi connectivity index (χ4n) is 3.20. The van der Waals surface area contributed by atoms with Crippen molar-refractivity contribution in [2.24, 2.45) is 0 Å². The van der Waals surface area contributed by atoms with Crippen LogP contribution in [0.2, 0.25) is 10.0 Å². The van der Waals surface area contributed by atoms with Gasteiger partial charge in [-0.25, -0.2) is 4.79 Å². The summed E-state index contributed by atoms with van der Waals surface area (Å²) in [4.78, 5) is 27.2. The number of allylic oxidation sites excluding steroid dienone is 1. The summed E-state index contributed by atoms with van der Waals surface area (Å²) < 4.78 is 10.6. The number of nitrogens with zero attached hydrogens (tertiary/aromatic N) is 1. The monoisotopic (exact) mass is 431 g/mol. The minimum absolute atomic E-state index is 0.180. The minimum atomic E-state index is -0.605. The van der Waals surface area contributed by atoms with Crippen LogP contribution in [-0.2, 0) is 14.3 Å². The number of ether oxygens (including phenoxy) is 2. The van der Waals surface area contributed by atoms with Crippen LogP contribution in [-0.4, -0.2) is 25.6 Å². The average molecular weight is 432 g/mol. The number of esters is 1. The highest BCUT2D eigenvalue weighted by Gasteiger charge is 2.38. The van der Waals surface area contributed by atoms with Crippen LogP contribution in [0.15, 0.2) is 59.3 Å². The average Bonchev–Trinajstić information content (AvgIpc) is 2.92. The summed E-state index contributed by atoms with van der Waals surface area (Å²) in [6.45, 7) is 4.02. The molecule has 0 N–H and O–H groups in total. The van der Waals surface area contributed by atoms with E-state index in [1.54, 1.807) is 37.3 Å². The van der Waals surface area contributed by atoms with Gasteiger partial charge in [0.1, 0.15) is 5.75 Å². The second-order valence-corrected chi connectivity index (χ2v) is 7.12. The van der Waals surface area contributed by atoms with Crippen molar-refractivity contribution in [3.8, 4) is 5.75 Å². The van der Waals surface area contributed by atoms with Gasteiger partial charge in [-0.05, 0) is 44.2 Å². The Kier molecular flexibility index (Phi) is 6.30. The van der Waals surface area contributed by atoms with Crippen LogP contribution in [0.4, 0.5) is 5.69 Å². The quantitative estimate of drug-likeness (QED) is 0.477. The number of rotatable bonds is 5. The molecule has 5 nitrogen and oxygen atoms in total. The zero-order chi connectivity index (χ0) is 21.1. The Labute approximate surface area is 179 Å². The van der Waals surface area contributed by atoms with Crippen molar-refractivity contribution in [1.29, 1.82) is 0 Å². The summed E-state index contributed by atoms with van der Waals surface area (Å²) in [5.41, 5.74) is 1.96. The lowest BCUT2D eigenvalue weighted by atomic mass is 10.0. The predicted molar refractivity (Wildman–Crippen MR) is 114 cm³/mol. The number of para-hydroxylation sites is 1. The third-order valence-electron chi connectivity index (χ3n) is 4.41. The summed E-state index contributed by atoms with van der Waals surface area (Å²) in [5, 5.41) is 0.763. The molecule has 0 atom stereocenters. The van der Waals surface area contributed by atoms with Gasteiger partial charge in [-0.2, -0.15) is 0 Å². The van der Waals surface area contributed by atoms with Crippen LogP contribution < -0.4 is 9.64 Å². The van der Waals surface area contributed by atoms with E-state index in [0.29, 0.717) is 39.3 Å². The number of carbonyl (C=O) groups excluding carboxylic acids is 2. The molecule has 150 valence electrons. The second kappa shape index (κ2) is 8.72. The van der Waals surface area contributed by atoms with E-state index in [1.165, 1.54) is 12.0 Å². The van der Waals surface area contributed by atoms with Gasteiger partial charge >= 0.3 is 5.97 Å². The van der Waals surface area contributed by atoms with E-state index in [0.717, 1.165) is 0 Å². The minimum Gasteiger partial charge on any atom is -0.493 e. The fourth-order valence-corrected chi connectivity index (χ4v) is 3.72. The van der Waals surface area contributed by atoms with Crippen LogP contribution in [0.5, 0.6) is 5.75 Å². The number of hydrogen-bond acceptors (Lipinski definition) is 4. The van der Waals surface area contributed by atoms with E-state index in [9.17, 15) is 9.59 Å². The molecule has 2 aromatic carbocycles. The molecule has 0 unspecified atom stereocenters. The molecule has 0 saturated carbocycles. The van der Waals surface area contributed by atoms with Crippen molar-refractivity contribution in [3.05, 3.63) is 74.9 Å². The standard InChI is InChI=1S/C22H19Cl2NO4/c1-4-29-19-8-6-5-7-14(19)9-18-20(22(27)28-3)13(2)25(21(18)26)17-11-15(23)10-16(24)12-17/h5-12H,4H2,1-3H3/b18-9+. The Morgan fingerprint density at radius 3 is 2.41 bits per heavy atom. The zero-order valence-corrected chi connectivity index (χ0v) is 17.7. The van der Waals surface area contributed by atoms with Crippen molar-refractivity contribution < 1.29 is 19.1 Å². The molecular formula is C22H19Cl2NO4. The van der Waals surface area contributed by atoms with Crippen molar-refractivity contribution in [2.75, 3.05) is 18.6 Å². The number of anilines is 1. The van der Waals surface area contributed by atoms with Gasteiger partial charge in [0.05, 0.1) is 30.6 Å². The number of carbonyl (C=O) groups is 2. The molecule has 0 aliphatic carbocycles. The molecule has 7 heteroatoms. The van der Waals surface area contributed by atoms with E-state index < -0.39 is 5.97 Å². The lowest BCUT2D eigenvalue weighted by Gasteiger charge is -2.18. The first kappa shape index (κ1) is 21.0. The topological polar surface area (TPSA) is 55.8 Å². The highest BCUT2D eigenvalue weighted by atomic mass is 35.5. The lowest BCUT2D eigenvalue weighted by Crippen LogP contribution is -2.24. The highest BCUT2D eigenvalue weighted by Crippen LogP contribution is 2.38. The van der Waals surface area contributed by atoms with Gasteiger partial charge in [-0.3, -0.25) is 9.69 Å². The molecule has 1 heterocycles. The molecular weight excluding hydrogens is 413 g/mol. The third kappa shape index (κ3) is 4.16. The summed E-state index contributed by atoms with van der Waals surface area (Å²) in [6.07, 6.45) is 1.63. The number of halogens is 2. The van der Waals surface area contributed by atoms with Gasteiger partial charge < -0.3 is 9.47 Å². The summed E-state index contributed by atoms with van der Waals surface area (Å²) in [5.74, 6) is -0.374. The van der Waals surface area contributed by atoms with Crippen molar-refractivity contribution >= 4 is 46.8 Å². The molecule has 0 bridgehead atoms. The second-order valence-electron chi connectivity index (χ2n) is 6.25. The molecule has 3 rings (SSSR count). The zero-order valence-electron chi connectivity index (χ0n) is 16.2. The Morgan fingerprint density at radius 2 is 1.79 bits per heavy atom. The predicted octanol–water partition coefficient (Wildman–Crippen LogP) is 5.27. The Hall–Kier alpha value is -2.76. The number of hydrogen-bond donors (Lipinski definition) is 0. The first-order valence-corrected chi connectivity index (χ1v) is 9.66. The maximum absolute atomic E-state index is 13.3. The third-order valence-corrected chi connectivity index (χ3v) is 4.85. The number of amides is 1. The first-order valence-electron chi connectivity index (χ1n) is 8.91. The van der Waals surface area contributed by atoms with E-state index >= 15 is 0 Å². The molecule has 29 heavy (non-hydrogen) atoms. The van der Waals surface area contributed by atoms with Gasteiger partial charge in [-0.15, -0.1) is 0 Å². The fraction of sp³-hybridized carbons (Fsp3) is 0.182. The largest absolute Gasteiger partial charge is 0.493 e. The Balaban J connectivity index is 2.17. The molecule has 1 aliphatic heterocycles. The maximum Gasteiger partial charge on any atom is 0.340 e. The smallest absolute Gasteiger partial charge is 0.340 e. The van der Waals surface area contributed by atoms with Crippen molar-refractivity contribution in [2.45, 2.75) is 13.8 Å². The number of benzene rings is 2. The van der Waals surface area contributed by atoms with Gasteiger partial charge in [-0.1, -0.05) is 41.4 Å². The molecule has 0 spiro atoms. The number of methoxy groups -OCH3 is 1. The summed E-state index contributed by atoms with van der Waals surface area (Å²) >= 11 is 12.2. The van der Waals surface area contributed by atoms with Gasteiger partial charge in [0.25, 0.3) is 5.91 Å². The first-order chi connectivity index (χ1) is 13.9. The molecule has 0 fully saturated rings.